The molecule has 0 spiro atoms. The SMILES string of the molecule is CC1(NC(=O)CSc2n[nH]c(=S)s2)CCC1. The van der Waals surface area contributed by atoms with Crippen LogP contribution < -0.4 is 5.32 Å². The summed E-state index contributed by atoms with van der Waals surface area (Å²) < 4.78 is 1.47. The first kappa shape index (κ1) is 12.1. The van der Waals surface area contributed by atoms with Crippen LogP contribution >= 0.6 is 35.3 Å². The third-order valence-electron chi connectivity index (χ3n) is 2.64. The summed E-state index contributed by atoms with van der Waals surface area (Å²) in [5.74, 6) is 0.486. The molecule has 0 atom stereocenters. The Balaban J connectivity index is 1.77. The smallest absolute Gasteiger partial charge is 0.230 e. The van der Waals surface area contributed by atoms with Crippen molar-refractivity contribution in [3.8, 4) is 0 Å². The van der Waals surface area contributed by atoms with E-state index in [9.17, 15) is 4.79 Å². The van der Waals surface area contributed by atoms with Crippen LogP contribution in [0.4, 0.5) is 0 Å². The van der Waals surface area contributed by atoms with Gasteiger partial charge in [-0.05, 0) is 38.4 Å². The predicted molar refractivity (Wildman–Crippen MR) is 68.4 cm³/mol. The van der Waals surface area contributed by atoms with Gasteiger partial charge in [0.15, 0.2) is 8.29 Å². The Morgan fingerprint density at radius 1 is 1.75 bits per heavy atom. The van der Waals surface area contributed by atoms with E-state index < -0.39 is 0 Å². The molecule has 2 N–H and O–H groups in total. The summed E-state index contributed by atoms with van der Waals surface area (Å²) in [4.78, 5) is 11.6. The number of carbonyl (C=O) groups excluding carboxylic acids is 1. The monoisotopic (exact) mass is 275 g/mol. The van der Waals surface area contributed by atoms with Gasteiger partial charge >= 0.3 is 0 Å². The van der Waals surface area contributed by atoms with Crippen LogP contribution in [0.25, 0.3) is 0 Å². The zero-order chi connectivity index (χ0) is 11.6. The van der Waals surface area contributed by atoms with Gasteiger partial charge in [-0.25, -0.2) is 0 Å². The first-order chi connectivity index (χ1) is 7.57. The van der Waals surface area contributed by atoms with Crippen LogP contribution in [0.5, 0.6) is 0 Å². The number of rotatable bonds is 4. The second-order valence-electron chi connectivity index (χ2n) is 4.13. The maximum absolute atomic E-state index is 11.6. The lowest BCUT2D eigenvalue weighted by Gasteiger charge is -2.39. The summed E-state index contributed by atoms with van der Waals surface area (Å²) in [6.07, 6.45) is 3.39. The minimum atomic E-state index is 0.0375. The van der Waals surface area contributed by atoms with Crippen molar-refractivity contribution in [2.45, 2.75) is 36.1 Å². The third-order valence-corrected chi connectivity index (χ3v) is 4.88. The Labute approximate surface area is 107 Å². The van der Waals surface area contributed by atoms with Crippen molar-refractivity contribution < 1.29 is 4.79 Å². The molecule has 16 heavy (non-hydrogen) atoms. The van der Waals surface area contributed by atoms with Gasteiger partial charge < -0.3 is 5.32 Å². The number of hydrogen-bond acceptors (Lipinski definition) is 5. The number of amides is 1. The Bertz CT molecular complexity index is 435. The Morgan fingerprint density at radius 3 is 3.00 bits per heavy atom. The van der Waals surface area contributed by atoms with E-state index in [0.717, 1.165) is 17.2 Å². The van der Waals surface area contributed by atoms with Gasteiger partial charge in [0, 0.05) is 5.54 Å². The molecule has 88 valence electrons. The van der Waals surface area contributed by atoms with Gasteiger partial charge in [-0.2, -0.15) is 5.10 Å². The molecule has 7 heteroatoms. The molecular formula is C9H13N3OS3. The molecule has 0 unspecified atom stereocenters. The van der Waals surface area contributed by atoms with Crippen LogP contribution in [0, 0.1) is 3.95 Å². The molecule has 0 bridgehead atoms. The summed E-state index contributed by atoms with van der Waals surface area (Å²) in [5, 5.41) is 9.74. The zero-order valence-electron chi connectivity index (χ0n) is 8.91. The van der Waals surface area contributed by atoms with E-state index in [0.29, 0.717) is 9.71 Å². The number of thioether (sulfide) groups is 1. The quantitative estimate of drug-likeness (QED) is 0.654. The number of nitrogens with zero attached hydrogens (tertiary/aromatic N) is 1. The highest BCUT2D eigenvalue weighted by Crippen LogP contribution is 2.31. The highest BCUT2D eigenvalue weighted by molar-refractivity contribution is 8.01. The first-order valence-electron chi connectivity index (χ1n) is 5.07. The summed E-state index contributed by atoms with van der Waals surface area (Å²) in [6, 6.07) is 0. The first-order valence-corrected chi connectivity index (χ1v) is 7.28. The van der Waals surface area contributed by atoms with Crippen LogP contribution in [0.3, 0.4) is 0 Å². The second-order valence-corrected chi connectivity index (χ2v) is 7.02. The van der Waals surface area contributed by atoms with E-state index in [-0.39, 0.29) is 11.4 Å². The summed E-state index contributed by atoms with van der Waals surface area (Å²) >= 11 is 7.74. The number of nitrogens with one attached hydrogen (secondary N) is 2. The molecule has 0 aliphatic heterocycles. The predicted octanol–water partition coefficient (Wildman–Crippen LogP) is 2.35. The number of hydrogen-bond donors (Lipinski definition) is 2. The average Bonchev–Trinajstić information content (AvgIpc) is 2.59. The summed E-state index contributed by atoms with van der Waals surface area (Å²) in [7, 11) is 0. The van der Waals surface area contributed by atoms with E-state index in [4.69, 9.17) is 12.2 Å². The van der Waals surface area contributed by atoms with E-state index in [1.165, 1.54) is 29.5 Å². The van der Waals surface area contributed by atoms with Crippen molar-refractivity contribution in [3.63, 3.8) is 0 Å². The van der Waals surface area contributed by atoms with Gasteiger partial charge in [-0.1, -0.05) is 23.1 Å². The van der Waals surface area contributed by atoms with Crippen molar-refractivity contribution in [3.05, 3.63) is 3.95 Å². The molecule has 4 nitrogen and oxygen atoms in total. The van der Waals surface area contributed by atoms with Gasteiger partial charge in [-0.3, -0.25) is 9.89 Å². The lowest BCUT2D eigenvalue weighted by Crippen LogP contribution is -2.51. The normalized spacial score (nSPS) is 17.8. The zero-order valence-corrected chi connectivity index (χ0v) is 11.4. The van der Waals surface area contributed by atoms with E-state index >= 15 is 0 Å². The number of aromatic amines is 1. The minimum Gasteiger partial charge on any atom is -0.350 e. The molecule has 1 aromatic rings. The van der Waals surface area contributed by atoms with E-state index in [2.05, 4.69) is 22.4 Å². The molecule has 1 aromatic heterocycles. The Hall–Kier alpha value is -0.400. The molecule has 1 fully saturated rings. The fourth-order valence-corrected chi connectivity index (χ4v) is 3.49. The Morgan fingerprint density at radius 2 is 2.50 bits per heavy atom. The number of carbonyl (C=O) groups is 1. The number of H-pyrrole nitrogens is 1. The fraction of sp³-hybridized carbons (Fsp3) is 0.667. The third kappa shape index (κ3) is 3.05. The molecule has 1 heterocycles. The molecule has 1 amide bonds. The van der Waals surface area contributed by atoms with Crippen LogP contribution in [0.1, 0.15) is 26.2 Å². The second kappa shape index (κ2) is 4.85. The van der Waals surface area contributed by atoms with Crippen LogP contribution in [-0.2, 0) is 4.79 Å². The summed E-state index contributed by atoms with van der Waals surface area (Å²) in [5.41, 5.74) is 0.0375. The number of aromatic nitrogens is 2. The van der Waals surface area contributed by atoms with E-state index in [1.54, 1.807) is 0 Å². The highest BCUT2D eigenvalue weighted by Gasteiger charge is 2.32. The van der Waals surface area contributed by atoms with Crippen molar-refractivity contribution >= 4 is 41.2 Å². The molecule has 2 rings (SSSR count). The molecule has 0 radical (unpaired) electrons. The average molecular weight is 275 g/mol. The van der Waals surface area contributed by atoms with Crippen molar-refractivity contribution in [1.82, 2.24) is 15.5 Å². The maximum atomic E-state index is 11.6. The van der Waals surface area contributed by atoms with Crippen molar-refractivity contribution in [2.24, 2.45) is 0 Å². The summed E-state index contributed by atoms with van der Waals surface area (Å²) in [6.45, 7) is 2.09. The van der Waals surface area contributed by atoms with Gasteiger partial charge in [0.2, 0.25) is 5.91 Å². The maximum Gasteiger partial charge on any atom is 0.230 e. The van der Waals surface area contributed by atoms with E-state index in [1.807, 2.05) is 0 Å². The molecule has 1 aliphatic carbocycles. The topological polar surface area (TPSA) is 57.8 Å². The van der Waals surface area contributed by atoms with Crippen LogP contribution in [0.15, 0.2) is 4.34 Å². The van der Waals surface area contributed by atoms with Gasteiger partial charge in [0.25, 0.3) is 0 Å². The lowest BCUT2D eigenvalue weighted by molar-refractivity contribution is -0.121. The van der Waals surface area contributed by atoms with Crippen LogP contribution in [0.2, 0.25) is 0 Å². The lowest BCUT2D eigenvalue weighted by atomic mass is 9.78. The Kier molecular flexibility index (Phi) is 3.66. The van der Waals surface area contributed by atoms with Crippen molar-refractivity contribution in [2.75, 3.05) is 5.75 Å². The van der Waals surface area contributed by atoms with Crippen molar-refractivity contribution in [1.29, 1.82) is 0 Å². The van der Waals surface area contributed by atoms with Gasteiger partial charge in [0.1, 0.15) is 0 Å². The fourth-order valence-electron chi connectivity index (χ4n) is 1.61. The van der Waals surface area contributed by atoms with Gasteiger partial charge in [0.05, 0.1) is 5.75 Å². The standard InChI is InChI=1S/C9H13N3OS3/c1-9(3-2-4-9)10-6(13)5-15-8-12-11-7(14)16-8/h2-5H2,1H3,(H,10,13)(H,11,14). The highest BCUT2D eigenvalue weighted by atomic mass is 32.2. The molecule has 1 aliphatic rings. The molecule has 0 aromatic carbocycles. The van der Waals surface area contributed by atoms with Crippen LogP contribution in [-0.4, -0.2) is 27.4 Å². The largest absolute Gasteiger partial charge is 0.350 e. The molecular weight excluding hydrogens is 262 g/mol. The molecule has 0 saturated heterocycles. The molecule has 1 saturated carbocycles. The van der Waals surface area contributed by atoms with Gasteiger partial charge in [-0.15, -0.1) is 0 Å². The minimum absolute atomic E-state index is 0.0375.